The van der Waals surface area contributed by atoms with Crippen molar-refractivity contribution >= 4 is 34.4 Å². The molecule has 0 bridgehead atoms. The Bertz CT molecular complexity index is 921. The van der Waals surface area contributed by atoms with Gasteiger partial charge in [0.15, 0.2) is 0 Å². The fourth-order valence-electron chi connectivity index (χ4n) is 3.64. The number of aliphatic hydroxyl groups excluding tert-OH is 1. The van der Waals surface area contributed by atoms with Crippen molar-refractivity contribution in [2.24, 2.45) is 0 Å². The summed E-state index contributed by atoms with van der Waals surface area (Å²) in [4.78, 5) is 32.3. The van der Waals surface area contributed by atoms with Gasteiger partial charge in [-0.3, -0.25) is 14.5 Å². The molecule has 0 radical (unpaired) electrons. The predicted octanol–water partition coefficient (Wildman–Crippen LogP) is 1.78. The Morgan fingerprint density at radius 3 is 2.46 bits per heavy atom. The van der Waals surface area contributed by atoms with Gasteiger partial charge in [-0.25, -0.2) is 9.29 Å². The number of aliphatic hydroxyl groups is 1. The summed E-state index contributed by atoms with van der Waals surface area (Å²) in [6.45, 7) is 3.24. The molecule has 1 N–H and O–H groups in total. The second kappa shape index (κ2) is 7.83. The number of hydrogen-bond donors (Lipinski definition) is 1. The number of halogens is 1. The molecule has 2 amide bonds. The van der Waals surface area contributed by atoms with Crippen LogP contribution in [0.1, 0.15) is 4.88 Å². The van der Waals surface area contributed by atoms with E-state index in [1.165, 1.54) is 29.5 Å². The minimum Gasteiger partial charge on any atom is -0.395 e. The molecule has 0 aliphatic carbocycles. The van der Waals surface area contributed by atoms with Crippen LogP contribution in [0.4, 0.5) is 10.1 Å². The third-order valence-corrected chi connectivity index (χ3v) is 5.89. The highest BCUT2D eigenvalue weighted by atomic mass is 32.1. The van der Waals surface area contributed by atoms with Gasteiger partial charge >= 0.3 is 0 Å². The number of carbonyl (C=O) groups excluding carboxylic acids is 2. The first-order chi connectivity index (χ1) is 13.6. The number of piperazine rings is 1. The average molecular weight is 401 g/mol. The van der Waals surface area contributed by atoms with E-state index in [0.717, 1.165) is 9.78 Å². The molecule has 8 heteroatoms. The van der Waals surface area contributed by atoms with Gasteiger partial charge in [0.05, 0.1) is 17.9 Å². The molecule has 1 aromatic heterocycles. The Balaban J connectivity index is 1.70. The van der Waals surface area contributed by atoms with E-state index in [0.29, 0.717) is 44.0 Å². The Labute approximate surface area is 166 Å². The van der Waals surface area contributed by atoms with Crippen molar-refractivity contribution in [3.8, 4) is 0 Å². The van der Waals surface area contributed by atoms with Crippen molar-refractivity contribution in [2.75, 3.05) is 44.2 Å². The summed E-state index contributed by atoms with van der Waals surface area (Å²) in [6.07, 6.45) is 0. The summed E-state index contributed by atoms with van der Waals surface area (Å²) in [5.41, 5.74) is 0.984. The van der Waals surface area contributed by atoms with E-state index in [1.807, 2.05) is 22.4 Å². The van der Waals surface area contributed by atoms with Gasteiger partial charge in [0, 0.05) is 37.6 Å². The largest absolute Gasteiger partial charge is 0.395 e. The van der Waals surface area contributed by atoms with E-state index in [2.05, 4.69) is 4.90 Å². The van der Waals surface area contributed by atoms with Crippen molar-refractivity contribution in [2.45, 2.75) is 0 Å². The molecule has 2 aliphatic rings. The number of nitrogens with zero attached hydrogens (tertiary/aromatic N) is 3. The van der Waals surface area contributed by atoms with Crippen LogP contribution < -0.4 is 4.90 Å². The number of thiophene rings is 1. The van der Waals surface area contributed by atoms with Crippen LogP contribution in [0.2, 0.25) is 0 Å². The van der Waals surface area contributed by atoms with Crippen LogP contribution in [-0.2, 0) is 9.59 Å². The second-order valence-electron chi connectivity index (χ2n) is 6.68. The maximum absolute atomic E-state index is 13.7. The highest BCUT2D eigenvalue weighted by Crippen LogP contribution is 2.36. The van der Waals surface area contributed by atoms with Gasteiger partial charge in [0.2, 0.25) is 0 Å². The Hall–Kier alpha value is -2.55. The second-order valence-corrected chi connectivity index (χ2v) is 7.63. The molecule has 4 rings (SSSR count). The maximum Gasteiger partial charge on any atom is 0.282 e. The summed E-state index contributed by atoms with van der Waals surface area (Å²) < 4.78 is 13.7. The summed E-state index contributed by atoms with van der Waals surface area (Å²) in [5, 5.41) is 11.0. The van der Waals surface area contributed by atoms with Crippen LogP contribution in [0.25, 0.3) is 5.57 Å². The van der Waals surface area contributed by atoms with Gasteiger partial charge in [-0.2, -0.15) is 0 Å². The van der Waals surface area contributed by atoms with Crippen molar-refractivity contribution in [3.63, 3.8) is 0 Å². The van der Waals surface area contributed by atoms with Gasteiger partial charge in [0.1, 0.15) is 11.5 Å². The summed E-state index contributed by atoms with van der Waals surface area (Å²) >= 11 is 1.40. The topological polar surface area (TPSA) is 64.1 Å². The maximum atomic E-state index is 13.7. The van der Waals surface area contributed by atoms with Gasteiger partial charge in [-0.15, -0.1) is 11.3 Å². The first kappa shape index (κ1) is 18.8. The minimum absolute atomic E-state index is 0.0912. The molecule has 2 aromatic rings. The van der Waals surface area contributed by atoms with Crippen LogP contribution in [0.5, 0.6) is 0 Å². The summed E-state index contributed by atoms with van der Waals surface area (Å²) in [7, 11) is 0. The predicted molar refractivity (Wildman–Crippen MR) is 105 cm³/mol. The Morgan fingerprint density at radius 1 is 1.04 bits per heavy atom. The Kier molecular flexibility index (Phi) is 5.25. The molecular formula is C20H20FN3O3S. The molecule has 3 heterocycles. The molecule has 0 unspecified atom stereocenters. The van der Waals surface area contributed by atoms with Gasteiger partial charge in [-0.05, 0) is 29.6 Å². The lowest BCUT2D eigenvalue weighted by atomic mass is 10.1. The first-order valence-electron chi connectivity index (χ1n) is 9.11. The minimum atomic E-state index is -0.498. The van der Waals surface area contributed by atoms with Crippen LogP contribution in [0.15, 0.2) is 47.5 Å². The molecule has 146 valence electrons. The number of β-amino-alcohol motifs (C(OH)–C–C–N with tert-alkyl or cyclic N) is 1. The third kappa shape index (κ3) is 3.34. The van der Waals surface area contributed by atoms with E-state index in [4.69, 9.17) is 5.11 Å². The van der Waals surface area contributed by atoms with Crippen LogP contribution in [-0.4, -0.2) is 66.1 Å². The molecule has 0 atom stereocenters. The molecule has 1 fully saturated rings. The number of carbonyl (C=O) groups is 2. The van der Waals surface area contributed by atoms with Crippen molar-refractivity contribution in [3.05, 3.63) is 58.2 Å². The van der Waals surface area contributed by atoms with Crippen LogP contribution in [0, 0.1) is 5.82 Å². The van der Waals surface area contributed by atoms with Gasteiger partial charge < -0.3 is 10.0 Å². The number of hydrogen-bond acceptors (Lipinski definition) is 6. The first-order valence-corrected chi connectivity index (χ1v) is 9.99. The van der Waals surface area contributed by atoms with Crippen LogP contribution in [0.3, 0.4) is 0 Å². The average Bonchev–Trinajstić information content (AvgIpc) is 3.29. The normalized spacial score (nSPS) is 18.5. The molecule has 1 aromatic carbocycles. The smallest absolute Gasteiger partial charge is 0.282 e. The van der Waals surface area contributed by atoms with Crippen molar-refractivity contribution in [1.29, 1.82) is 0 Å². The number of imide groups is 1. The lowest BCUT2D eigenvalue weighted by Crippen LogP contribution is -2.48. The summed E-state index contributed by atoms with van der Waals surface area (Å²) in [5.74, 6) is -1.35. The molecule has 1 saturated heterocycles. The van der Waals surface area contributed by atoms with Crippen molar-refractivity contribution < 1.29 is 19.1 Å². The molecule has 28 heavy (non-hydrogen) atoms. The number of anilines is 1. The highest BCUT2D eigenvalue weighted by molar-refractivity contribution is 7.11. The molecule has 6 nitrogen and oxygen atoms in total. The molecule has 0 saturated carbocycles. The van der Waals surface area contributed by atoms with Gasteiger partial charge in [-0.1, -0.05) is 12.1 Å². The monoisotopic (exact) mass is 401 g/mol. The molecule has 2 aliphatic heterocycles. The fraction of sp³-hybridized carbons (Fsp3) is 0.300. The van der Waals surface area contributed by atoms with Gasteiger partial charge in [0.25, 0.3) is 11.8 Å². The quantitative estimate of drug-likeness (QED) is 0.774. The van der Waals surface area contributed by atoms with E-state index < -0.39 is 17.6 Å². The number of amides is 2. The lowest BCUT2D eigenvalue weighted by molar-refractivity contribution is -0.120. The standard InChI is InChI=1S/C20H20FN3O3S/c21-14-3-1-4-15(13-14)24-19(26)17(16-5-2-12-28-16)18(20(24)27)23-8-6-22(7-9-23)10-11-25/h1-5,12-13,25H,6-11H2. The highest BCUT2D eigenvalue weighted by Gasteiger charge is 2.43. The van der Waals surface area contributed by atoms with E-state index in [-0.39, 0.29) is 12.3 Å². The van der Waals surface area contributed by atoms with E-state index in [9.17, 15) is 14.0 Å². The Morgan fingerprint density at radius 2 is 1.82 bits per heavy atom. The zero-order valence-corrected chi connectivity index (χ0v) is 16.0. The summed E-state index contributed by atoms with van der Waals surface area (Å²) in [6, 6.07) is 9.19. The number of benzene rings is 1. The lowest BCUT2D eigenvalue weighted by Gasteiger charge is -2.36. The van der Waals surface area contributed by atoms with Crippen molar-refractivity contribution in [1.82, 2.24) is 9.80 Å². The number of rotatable bonds is 5. The molecular weight excluding hydrogens is 381 g/mol. The zero-order valence-electron chi connectivity index (χ0n) is 15.2. The van der Waals surface area contributed by atoms with E-state index in [1.54, 1.807) is 6.07 Å². The van der Waals surface area contributed by atoms with Crippen LogP contribution >= 0.6 is 11.3 Å². The SMILES string of the molecule is O=C1C(c2cccs2)=C(N2CCN(CCO)CC2)C(=O)N1c1cccc(F)c1. The zero-order chi connectivity index (χ0) is 19.7. The molecule has 0 spiro atoms. The fourth-order valence-corrected chi connectivity index (χ4v) is 4.40. The third-order valence-electron chi connectivity index (χ3n) is 5.00. The van der Waals surface area contributed by atoms with E-state index >= 15 is 0 Å².